The highest BCUT2D eigenvalue weighted by Gasteiger charge is 2.12. The Kier molecular flexibility index (Phi) is 5.55. The highest BCUT2D eigenvalue weighted by molar-refractivity contribution is 9.10. The minimum Gasteiger partial charge on any atom is -0.459 e. The van der Waals surface area contributed by atoms with Crippen LogP contribution < -0.4 is 10.9 Å². The number of rotatable bonds is 5. The molecule has 0 unspecified atom stereocenters. The Morgan fingerprint density at radius 2 is 1.90 bits per heavy atom. The Hall–Kier alpha value is -3.19. The lowest BCUT2D eigenvalue weighted by molar-refractivity contribution is 0.0948. The van der Waals surface area contributed by atoms with Crippen molar-refractivity contribution in [1.29, 1.82) is 0 Å². The second kappa shape index (κ2) is 8.28. The highest BCUT2D eigenvalue weighted by atomic mass is 79.9. The summed E-state index contributed by atoms with van der Waals surface area (Å²) in [6.45, 7) is 4.41. The molecule has 0 saturated heterocycles. The molecule has 0 aliphatic rings. The lowest BCUT2D eigenvalue weighted by Gasteiger charge is -2.10. The van der Waals surface area contributed by atoms with Gasteiger partial charge in [-0.3, -0.25) is 9.59 Å². The second-order valence-corrected chi connectivity index (χ2v) is 7.82. The van der Waals surface area contributed by atoms with Crippen LogP contribution in [-0.2, 0) is 13.1 Å². The molecule has 2 heterocycles. The summed E-state index contributed by atoms with van der Waals surface area (Å²) in [5.41, 5.74) is 3.09. The molecule has 0 bridgehead atoms. The van der Waals surface area contributed by atoms with Crippen LogP contribution in [0.5, 0.6) is 0 Å². The number of carbonyl (C=O) groups is 1. The molecule has 6 nitrogen and oxygen atoms in total. The number of aromatic nitrogens is 2. The molecule has 0 aliphatic heterocycles. The number of aryl methyl sites for hydroxylation is 2. The molecule has 4 rings (SSSR count). The van der Waals surface area contributed by atoms with Gasteiger partial charge < -0.3 is 14.3 Å². The van der Waals surface area contributed by atoms with Crippen molar-refractivity contribution in [3.05, 3.63) is 86.4 Å². The third-order valence-corrected chi connectivity index (χ3v) is 5.43. The van der Waals surface area contributed by atoms with Crippen molar-refractivity contribution in [2.45, 2.75) is 26.9 Å². The van der Waals surface area contributed by atoms with Crippen molar-refractivity contribution in [2.75, 3.05) is 0 Å². The largest absolute Gasteiger partial charge is 0.459 e. The summed E-state index contributed by atoms with van der Waals surface area (Å²) >= 11 is 3.42. The molecule has 2 aromatic heterocycles. The van der Waals surface area contributed by atoms with Crippen molar-refractivity contribution in [1.82, 2.24) is 14.9 Å². The van der Waals surface area contributed by atoms with Gasteiger partial charge >= 0.3 is 0 Å². The van der Waals surface area contributed by atoms with E-state index in [0.717, 1.165) is 21.3 Å². The van der Waals surface area contributed by atoms with Gasteiger partial charge in [0.15, 0.2) is 0 Å². The maximum absolute atomic E-state index is 12.6. The Morgan fingerprint density at radius 1 is 1.13 bits per heavy atom. The Balaban J connectivity index is 1.50. The zero-order chi connectivity index (χ0) is 21.3. The lowest BCUT2D eigenvalue weighted by atomic mass is 10.1. The fraction of sp³-hybridized carbons (Fsp3) is 0.174. The molecule has 2 aromatic carbocycles. The number of furan rings is 1. The van der Waals surface area contributed by atoms with Gasteiger partial charge in [0.2, 0.25) is 0 Å². The van der Waals surface area contributed by atoms with Crippen LogP contribution in [-0.4, -0.2) is 15.5 Å². The van der Waals surface area contributed by atoms with E-state index in [4.69, 9.17) is 4.42 Å². The number of benzene rings is 2. The Morgan fingerprint density at radius 3 is 2.63 bits per heavy atom. The topological polar surface area (TPSA) is 77.1 Å². The van der Waals surface area contributed by atoms with E-state index in [2.05, 4.69) is 26.2 Å². The molecule has 4 aromatic rings. The van der Waals surface area contributed by atoms with Crippen LogP contribution in [0.15, 0.2) is 68.3 Å². The van der Waals surface area contributed by atoms with Crippen LogP contribution >= 0.6 is 15.9 Å². The normalized spacial score (nSPS) is 11.0. The summed E-state index contributed by atoms with van der Waals surface area (Å²) in [6.07, 6.45) is 0. The first-order chi connectivity index (χ1) is 14.5. The quantitative estimate of drug-likeness (QED) is 0.464. The molecule has 1 amide bonds. The molecular formula is C23H20BrN3O3. The number of nitrogens with zero attached hydrogens (tertiary/aromatic N) is 2. The van der Waals surface area contributed by atoms with Gasteiger partial charge in [-0.25, -0.2) is 4.98 Å². The van der Waals surface area contributed by atoms with Crippen LogP contribution in [0.1, 0.15) is 28.7 Å². The van der Waals surface area contributed by atoms with Crippen LogP contribution in [0.3, 0.4) is 0 Å². The molecular weight excluding hydrogens is 446 g/mol. The predicted octanol–water partition coefficient (Wildman–Crippen LogP) is 4.68. The SMILES string of the molecule is CCn1c(=O)c(C)nc2cc(C(=O)NCc3ccc(-c4ccc(Br)cc4)o3)ccc21. The summed E-state index contributed by atoms with van der Waals surface area (Å²) in [5.74, 6) is 1.18. The van der Waals surface area contributed by atoms with Crippen LogP contribution in [0.2, 0.25) is 0 Å². The van der Waals surface area contributed by atoms with Gasteiger partial charge in [-0.05, 0) is 56.3 Å². The van der Waals surface area contributed by atoms with Gasteiger partial charge in [0, 0.05) is 22.1 Å². The van der Waals surface area contributed by atoms with Gasteiger partial charge in [-0.15, -0.1) is 0 Å². The molecule has 0 fully saturated rings. The van der Waals surface area contributed by atoms with E-state index in [0.29, 0.717) is 29.1 Å². The smallest absolute Gasteiger partial charge is 0.272 e. The average molecular weight is 466 g/mol. The van der Waals surface area contributed by atoms with E-state index in [9.17, 15) is 9.59 Å². The molecule has 152 valence electrons. The van der Waals surface area contributed by atoms with Crippen molar-refractivity contribution in [2.24, 2.45) is 0 Å². The number of amides is 1. The predicted molar refractivity (Wildman–Crippen MR) is 119 cm³/mol. The van der Waals surface area contributed by atoms with E-state index < -0.39 is 0 Å². The van der Waals surface area contributed by atoms with Crippen molar-refractivity contribution in [3.8, 4) is 11.3 Å². The summed E-state index contributed by atoms with van der Waals surface area (Å²) < 4.78 is 8.50. The third-order valence-electron chi connectivity index (χ3n) is 4.90. The standard InChI is InChI=1S/C23H20BrN3O3/c1-3-27-20-10-6-16(12-19(20)26-14(2)23(27)29)22(28)25-13-18-9-11-21(30-18)15-4-7-17(24)8-5-15/h4-12H,3,13H2,1-2H3,(H,25,28). The molecule has 0 saturated carbocycles. The monoisotopic (exact) mass is 465 g/mol. The number of hydrogen-bond acceptors (Lipinski definition) is 4. The van der Waals surface area contributed by atoms with Crippen molar-refractivity contribution < 1.29 is 9.21 Å². The second-order valence-electron chi connectivity index (χ2n) is 6.91. The molecule has 0 spiro atoms. The Labute approximate surface area is 181 Å². The van der Waals surface area contributed by atoms with Gasteiger partial charge in [0.05, 0.1) is 17.6 Å². The molecule has 1 N–H and O–H groups in total. The van der Waals surface area contributed by atoms with E-state index >= 15 is 0 Å². The van der Waals surface area contributed by atoms with Crippen molar-refractivity contribution in [3.63, 3.8) is 0 Å². The third kappa shape index (κ3) is 3.93. The summed E-state index contributed by atoms with van der Waals surface area (Å²) in [7, 11) is 0. The van der Waals surface area contributed by atoms with Crippen molar-refractivity contribution >= 4 is 32.9 Å². The van der Waals surface area contributed by atoms with E-state index in [1.807, 2.05) is 43.3 Å². The van der Waals surface area contributed by atoms with Gasteiger partial charge in [0.25, 0.3) is 11.5 Å². The summed E-state index contributed by atoms with van der Waals surface area (Å²) in [4.78, 5) is 29.2. The van der Waals surface area contributed by atoms with Crippen LogP contribution in [0.25, 0.3) is 22.4 Å². The highest BCUT2D eigenvalue weighted by Crippen LogP contribution is 2.24. The summed E-state index contributed by atoms with van der Waals surface area (Å²) in [6, 6.07) is 16.7. The minimum absolute atomic E-state index is 0.110. The van der Waals surface area contributed by atoms with E-state index in [-0.39, 0.29) is 18.0 Å². The van der Waals surface area contributed by atoms with E-state index in [1.54, 1.807) is 29.7 Å². The molecule has 0 atom stereocenters. The first kappa shape index (κ1) is 20.1. The van der Waals surface area contributed by atoms with Gasteiger partial charge in [-0.1, -0.05) is 28.1 Å². The first-order valence-corrected chi connectivity index (χ1v) is 10.4. The molecule has 0 radical (unpaired) electrons. The first-order valence-electron chi connectivity index (χ1n) is 9.60. The zero-order valence-corrected chi connectivity index (χ0v) is 18.2. The maximum atomic E-state index is 12.6. The van der Waals surface area contributed by atoms with E-state index in [1.165, 1.54) is 0 Å². The Bertz CT molecular complexity index is 1290. The summed E-state index contributed by atoms with van der Waals surface area (Å²) in [5, 5.41) is 2.87. The van der Waals surface area contributed by atoms with Gasteiger partial charge in [-0.2, -0.15) is 0 Å². The molecule has 30 heavy (non-hydrogen) atoms. The molecule has 7 heteroatoms. The number of halogens is 1. The van der Waals surface area contributed by atoms with Crippen LogP contribution in [0, 0.1) is 6.92 Å². The molecule has 0 aliphatic carbocycles. The van der Waals surface area contributed by atoms with Crippen LogP contribution in [0.4, 0.5) is 0 Å². The van der Waals surface area contributed by atoms with Gasteiger partial charge in [0.1, 0.15) is 17.2 Å². The minimum atomic E-state index is -0.229. The fourth-order valence-electron chi connectivity index (χ4n) is 3.34. The number of hydrogen-bond donors (Lipinski definition) is 1. The fourth-order valence-corrected chi connectivity index (χ4v) is 3.61. The zero-order valence-electron chi connectivity index (χ0n) is 16.6. The lowest BCUT2D eigenvalue weighted by Crippen LogP contribution is -2.25. The number of fused-ring (bicyclic) bond motifs is 1. The number of nitrogens with one attached hydrogen (secondary N) is 1. The maximum Gasteiger partial charge on any atom is 0.272 e. The number of carbonyl (C=O) groups excluding carboxylic acids is 1. The average Bonchev–Trinajstić information content (AvgIpc) is 3.22.